The minimum absolute atomic E-state index is 0. The van der Waals surface area contributed by atoms with E-state index in [0.717, 1.165) is 0 Å². The van der Waals surface area contributed by atoms with Crippen molar-refractivity contribution in [1.82, 2.24) is 4.57 Å². The van der Waals surface area contributed by atoms with Gasteiger partial charge in [-0.2, -0.15) is 0 Å². The van der Waals surface area contributed by atoms with Gasteiger partial charge in [-0.1, -0.05) is 17.7 Å². The van der Waals surface area contributed by atoms with Crippen LogP contribution >= 0.6 is 0 Å². The van der Waals surface area contributed by atoms with Crippen molar-refractivity contribution in [1.29, 1.82) is 0 Å². The van der Waals surface area contributed by atoms with Crippen LogP contribution in [0.2, 0.25) is 0 Å². The molecule has 0 amide bonds. The predicted molar refractivity (Wildman–Crippen MR) is 77.7 cm³/mol. The summed E-state index contributed by atoms with van der Waals surface area (Å²) >= 11 is 0. The maximum absolute atomic E-state index is 2.39. The Kier molecular flexibility index (Phi) is 4.54. The summed E-state index contributed by atoms with van der Waals surface area (Å²) in [5.74, 6) is 0. The van der Waals surface area contributed by atoms with E-state index in [2.05, 4.69) is 60.8 Å². The third kappa shape index (κ3) is 2.76. The fraction of sp³-hybridized carbons (Fsp3) is 0.471. The molecule has 2 nitrogen and oxygen atoms in total. The number of rotatable bonds is 2. The van der Waals surface area contributed by atoms with Gasteiger partial charge in [-0.05, 0) is 57.6 Å². The monoisotopic (exact) mass is 290 g/mol. The van der Waals surface area contributed by atoms with E-state index in [1.165, 1.54) is 48.1 Å². The fourth-order valence-corrected chi connectivity index (χ4v) is 3.50. The van der Waals surface area contributed by atoms with E-state index in [4.69, 9.17) is 0 Å². The first-order valence-electron chi connectivity index (χ1n) is 7.32. The average molecular weight is 291 g/mol. The Balaban J connectivity index is 0.00000147. The zero-order valence-electron chi connectivity index (χ0n) is 12.6. The number of halogens is 1. The Bertz CT molecular complexity index is 572. The van der Waals surface area contributed by atoms with E-state index >= 15 is 0 Å². The number of benzene rings is 1. The molecular formula is C17H23ClN2. The molecule has 1 fully saturated rings. The zero-order chi connectivity index (χ0) is 13.4. The summed E-state index contributed by atoms with van der Waals surface area (Å²) in [6.07, 6.45) is 12.1. The second-order valence-corrected chi connectivity index (χ2v) is 5.95. The zero-order valence-corrected chi connectivity index (χ0v) is 13.3. The Morgan fingerprint density at radius 2 is 1.65 bits per heavy atom. The molecule has 0 saturated heterocycles. The van der Waals surface area contributed by atoms with E-state index in [1.54, 1.807) is 0 Å². The molecule has 1 aromatic carbocycles. The second kappa shape index (κ2) is 6.01. The lowest BCUT2D eigenvalue weighted by Gasteiger charge is -2.07. The van der Waals surface area contributed by atoms with Gasteiger partial charge in [-0.3, -0.25) is 0 Å². The molecule has 1 heterocycles. The average Bonchev–Trinajstić information content (AvgIpc) is 2.97. The molecule has 1 aliphatic carbocycles. The molecule has 1 aromatic heterocycles. The van der Waals surface area contributed by atoms with Crippen LogP contribution in [0.4, 0.5) is 0 Å². The number of aryl methyl sites for hydroxylation is 3. The van der Waals surface area contributed by atoms with Crippen molar-refractivity contribution < 1.29 is 17.0 Å². The normalized spacial score (nSPS) is 15.3. The van der Waals surface area contributed by atoms with Gasteiger partial charge in [0.05, 0.1) is 0 Å². The third-order valence-corrected chi connectivity index (χ3v) is 4.30. The first-order chi connectivity index (χ1) is 9.15. The van der Waals surface area contributed by atoms with Crippen LogP contribution in [-0.2, 0) is 0 Å². The molecule has 3 rings (SSSR count). The van der Waals surface area contributed by atoms with Crippen molar-refractivity contribution in [2.45, 2.75) is 52.5 Å². The highest BCUT2D eigenvalue weighted by Crippen LogP contribution is 2.25. The fourth-order valence-electron chi connectivity index (χ4n) is 3.50. The summed E-state index contributed by atoms with van der Waals surface area (Å²) in [6.45, 7) is 6.57. The summed E-state index contributed by atoms with van der Waals surface area (Å²) in [5.41, 5.74) is 5.38. The van der Waals surface area contributed by atoms with E-state index in [0.29, 0.717) is 6.04 Å². The van der Waals surface area contributed by atoms with Gasteiger partial charge >= 0.3 is 0 Å². The summed E-state index contributed by atoms with van der Waals surface area (Å²) in [7, 11) is 0. The van der Waals surface area contributed by atoms with E-state index in [9.17, 15) is 0 Å². The van der Waals surface area contributed by atoms with Crippen molar-refractivity contribution >= 4 is 0 Å². The van der Waals surface area contributed by atoms with Crippen LogP contribution in [0.5, 0.6) is 0 Å². The molecule has 2 aromatic rings. The summed E-state index contributed by atoms with van der Waals surface area (Å²) in [5, 5.41) is 0. The number of aromatic nitrogens is 2. The molecule has 0 spiro atoms. The van der Waals surface area contributed by atoms with Crippen molar-refractivity contribution in [3.63, 3.8) is 0 Å². The van der Waals surface area contributed by atoms with E-state index < -0.39 is 0 Å². The van der Waals surface area contributed by atoms with Crippen LogP contribution in [0.1, 0.15) is 48.4 Å². The third-order valence-electron chi connectivity index (χ3n) is 4.30. The SMILES string of the molecule is Cc1cc(C)c(-n2cc[n+](C3CCCC3)c2)c(C)c1.[Cl-]. The molecular weight excluding hydrogens is 268 g/mol. The van der Waals surface area contributed by atoms with Crippen molar-refractivity contribution in [2.75, 3.05) is 0 Å². The highest BCUT2D eigenvalue weighted by molar-refractivity contribution is 5.48. The van der Waals surface area contributed by atoms with E-state index in [-0.39, 0.29) is 12.4 Å². The number of hydrogen-bond donors (Lipinski definition) is 0. The Labute approximate surface area is 127 Å². The number of hydrogen-bond acceptors (Lipinski definition) is 0. The maximum Gasteiger partial charge on any atom is 0.249 e. The number of imidazole rings is 1. The summed E-state index contributed by atoms with van der Waals surface area (Å²) < 4.78 is 4.67. The quantitative estimate of drug-likeness (QED) is 0.724. The molecule has 0 N–H and O–H groups in total. The summed E-state index contributed by atoms with van der Waals surface area (Å²) in [4.78, 5) is 0. The molecule has 1 saturated carbocycles. The standard InChI is InChI=1S/C17H23N2.ClH/c1-13-10-14(2)17(15(3)11-13)19-9-8-18(12-19)16-6-4-5-7-16;/h8-12,16H,4-7H2,1-3H3;1H/q+1;/p-1. The molecule has 0 radical (unpaired) electrons. The van der Waals surface area contributed by atoms with Gasteiger partial charge in [0.15, 0.2) is 0 Å². The van der Waals surface area contributed by atoms with Crippen molar-refractivity contribution in [3.8, 4) is 5.69 Å². The van der Waals surface area contributed by atoms with E-state index in [1.807, 2.05) is 0 Å². The highest BCUT2D eigenvalue weighted by atomic mass is 35.5. The summed E-state index contributed by atoms with van der Waals surface area (Å²) in [6, 6.07) is 5.25. The topological polar surface area (TPSA) is 8.81 Å². The lowest BCUT2D eigenvalue weighted by atomic mass is 10.1. The van der Waals surface area contributed by atoms with Gasteiger partial charge < -0.3 is 12.4 Å². The van der Waals surface area contributed by atoms with Crippen LogP contribution < -0.4 is 17.0 Å². The van der Waals surface area contributed by atoms with Crippen LogP contribution in [-0.4, -0.2) is 4.57 Å². The van der Waals surface area contributed by atoms with Crippen LogP contribution in [0.25, 0.3) is 5.69 Å². The first kappa shape index (κ1) is 15.1. The second-order valence-electron chi connectivity index (χ2n) is 5.95. The molecule has 20 heavy (non-hydrogen) atoms. The number of nitrogens with zero attached hydrogens (tertiary/aromatic N) is 2. The predicted octanol–water partition coefficient (Wildman–Crippen LogP) is 0.809. The van der Waals surface area contributed by atoms with Crippen LogP contribution in [0.3, 0.4) is 0 Å². The largest absolute Gasteiger partial charge is 1.00 e. The van der Waals surface area contributed by atoms with Crippen LogP contribution in [0, 0.1) is 20.8 Å². The van der Waals surface area contributed by atoms with Gasteiger partial charge in [-0.15, -0.1) is 0 Å². The molecule has 1 aliphatic rings. The first-order valence-corrected chi connectivity index (χ1v) is 7.32. The van der Waals surface area contributed by atoms with Gasteiger partial charge in [0.2, 0.25) is 6.33 Å². The van der Waals surface area contributed by atoms with Crippen molar-refractivity contribution in [3.05, 3.63) is 47.5 Å². The highest BCUT2D eigenvalue weighted by Gasteiger charge is 2.22. The minimum atomic E-state index is 0. The molecule has 0 unspecified atom stereocenters. The Morgan fingerprint density at radius 1 is 1.05 bits per heavy atom. The van der Waals surface area contributed by atoms with Gasteiger partial charge in [0, 0.05) is 0 Å². The van der Waals surface area contributed by atoms with Crippen molar-refractivity contribution in [2.24, 2.45) is 0 Å². The minimum Gasteiger partial charge on any atom is -1.00 e. The van der Waals surface area contributed by atoms with Gasteiger partial charge in [-0.25, -0.2) is 9.13 Å². The van der Waals surface area contributed by atoms with Crippen LogP contribution in [0.15, 0.2) is 30.9 Å². The maximum atomic E-state index is 2.39. The molecule has 0 bridgehead atoms. The molecule has 0 aliphatic heterocycles. The van der Waals surface area contributed by atoms with Gasteiger partial charge in [0.1, 0.15) is 24.1 Å². The smallest absolute Gasteiger partial charge is 0.249 e. The molecule has 108 valence electrons. The Hall–Kier alpha value is -1.28. The van der Waals surface area contributed by atoms with Gasteiger partial charge in [0.25, 0.3) is 0 Å². The molecule has 3 heteroatoms. The lowest BCUT2D eigenvalue weighted by molar-refractivity contribution is -0.721. The lowest BCUT2D eigenvalue weighted by Crippen LogP contribution is -3.00. The Morgan fingerprint density at radius 3 is 2.25 bits per heavy atom. The molecule has 0 atom stereocenters.